The van der Waals surface area contributed by atoms with Crippen molar-refractivity contribution in [3.05, 3.63) is 35.9 Å². The highest BCUT2D eigenvalue weighted by Crippen LogP contribution is 2.47. The highest BCUT2D eigenvalue weighted by molar-refractivity contribution is 5.72. The van der Waals surface area contributed by atoms with Gasteiger partial charge in [-0.1, -0.05) is 30.3 Å². The number of nitrogens with zero attached hydrogens (tertiary/aromatic N) is 1. The summed E-state index contributed by atoms with van der Waals surface area (Å²) in [4.78, 5) is 27.0. The number of hydrogen-bond acceptors (Lipinski definition) is 4. The second-order valence-corrected chi connectivity index (χ2v) is 9.58. The lowest BCUT2D eigenvalue weighted by Gasteiger charge is -2.39. The molecule has 0 heterocycles. The Morgan fingerprint density at radius 2 is 1.69 bits per heavy atom. The van der Waals surface area contributed by atoms with Crippen LogP contribution in [-0.2, 0) is 14.3 Å². The van der Waals surface area contributed by atoms with E-state index >= 15 is 0 Å². The maximum Gasteiger partial charge on any atom is 0.410 e. The van der Waals surface area contributed by atoms with Crippen LogP contribution in [0.25, 0.3) is 0 Å². The first-order valence-electron chi connectivity index (χ1n) is 10.9. The molecule has 1 amide bonds. The van der Waals surface area contributed by atoms with Gasteiger partial charge in [-0.3, -0.25) is 4.79 Å². The molecule has 2 aliphatic carbocycles. The van der Waals surface area contributed by atoms with Crippen LogP contribution in [0.4, 0.5) is 4.79 Å². The van der Waals surface area contributed by atoms with E-state index in [1.54, 1.807) is 0 Å². The number of benzene rings is 1. The average Bonchev–Trinajstić information content (AvgIpc) is 3.47. The van der Waals surface area contributed by atoms with E-state index in [2.05, 4.69) is 31.2 Å². The van der Waals surface area contributed by atoms with Crippen LogP contribution >= 0.6 is 0 Å². The lowest BCUT2D eigenvalue weighted by atomic mass is 9.78. The average molecular weight is 402 g/mol. The van der Waals surface area contributed by atoms with Crippen LogP contribution in [0.3, 0.4) is 0 Å². The van der Waals surface area contributed by atoms with Crippen molar-refractivity contribution in [3.63, 3.8) is 0 Å². The van der Waals surface area contributed by atoms with Crippen molar-refractivity contribution in [3.8, 4) is 0 Å². The smallest absolute Gasteiger partial charge is 0.410 e. The molecule has 0 radical (unpaired) electrons. The third-order valence-corrected chi connectivity index (χ3v) is 6.37. The van der Waals surface area contributed by atoms with Gasteiger partial charge in [0.15, 0.2) is 0 Å². The standard InChI is InChI=1S/C24H35NO4/c1-16(17-11-13-19(14-12-17)22(26)28-5)25(23(27)29-24(2,3)4)21-15-20(21)18-9-7-6-8-10-18/h6-10,16-17,19-21H,11-15H2,1-5H3/t16?,17-,19-,20?,21?. The minimum Gasteiger partial charge on any atom is -0.469 e. The van der Waals surface area contributed by atoms with Crippen LogP contribution in [0.5, 0.6) is 0 Å². The fourth-order valence-corrected chi connectivity index (χ4v) is 4.70. The van der Waals surface area contributed by atoms with Gasteiger partial charge in [0, 0.05) is 18.0 Å². The number of hydrogen-bond donors (Lipinski definition) is 0. The van der Waals surface area contributed by atoms with Crippen molar-refractivity contribution in [2.24, 2.45) is 11.8 Å². The first-order valence-corrected chi connectivity index (χ1v) is 10.9. The fraction of sp³-hybridized carbons (Fsp3) is 0.667. The molecule has 0 N–H and O–H groups in total. The Labute approximate surface area is 174 Å². The Balaban J connectivity index is 1.72. The molecule has 3 rings (SSSR count). The quantitative estimate of drug-likeness (QED) is 0.641. The zero-order valence-corrected chi connectivity index (χ0v) is 18.4. The van der Waals surface area contributed by atoms with E-state index in [4.69, 9.17) is 9.47 Å². The molecular weight excluding hydrogens is 366 g/mol. The molecular formula is C24H35NO4. The second kappa shape index (κ2) is 8.76. The number of ether oxygens (including phenoxy) is 2. The highest BCUT2D eigenvalue weighted by Gasteiger charge is 2.49. The minimum absolute atomic E-state index is 0.00332. The van der Waals surface area contributed by atoms with Gasteiger partial charge in [-0.25, -0.2) is 4.79 Å². The van der Waals surface area contributed by atoms with Crippen LogP contribution in [0, 0.1) is 11.8 Å². The SMILES string of the molecule is COC(=O)[C@H]1CC[C@H](C(C)N(C(=O)OC(C)(C)C)C2CC2c2ccccc2)CC1. The lowest BCUT2D eigenvalue weighted by Crippen LogP contribution is -2.48. The van der Waals surface area contributed by atoms with E-state index < -0.39 is 5.60 Å². The molecule has 0 aliphatic heterocycles. The molecule has 0 bridgehead atoms. The fourth-order valence-electron chi connectivity index (χ4n) is 4.70. The van der Waals surface area contributed by atoms with Crippen LogP contribution < -0.4 is 0 Å². The molecule has 2 fully saturated rings. The van der Waals surface area contributed by atoms with Gasteiger partial charge in [0.1, 0.15) is 5.60 Å². The maximum atomic E-state index is 13.1. The summed E-state index contributed by atoms with van der Waals surface area (Å²) in [5.74, 6) is 0.640. The van der Waals surface area contributed by atoms with Crippen molar-refractivity contribution in [1.29, 1.82) is 0 Å². The number of carbonyl (C=O) groups excluding carboxylic acids is 2. The monoisotopic (exact) mass is 401 g/mol. The normalized spacial score (nSPS) is 27.6. The van der Waals surface area contributed by atoms with Crippen LogP contribution in [0.2, 0.25) is 0 Å². The molecule has 5 nitrogen and oxygen atoms in total. The summed E-state index contributed by atoms with van der Waals surface area (Å²) >= 11 is 0. The van der Waals surface area contributed by atoms with Crippen molar-refractivity contribution in [1.82, 2.24) is 4.90 Å². The molecule has 0 aromatic heterocycles. The third-order valence-electron chi connectivity index (χ3n) is 6.37. The molecule has 5 heteroatoms. The van der Waals surface area contributed by atoms with E-state index in [0.29, 0.717) is 11.8 Å². The molecule has 3 unspecified atom stereocenters. The Kier molecular flexibility index (Phi) is 6.55. The van der Waals surface area contributed by atoms with E-state index in [9.17, 15) is 9.59 Å². The van der Waals surface area contributed by atoms with Crippen molar-refractivity contribution in [2.45, 2.75) is 83.4 Å². The van der Waals surface area contributed by atoms with Gasteiger partial charge in [-0.15, -0.1) is 0 Å². The Morgan fingerprint density at radius 1 is 1.07 bits per heavy atom. The van der Waals surface area contributed by atoms with Crippen molar-refractivity contribution < 1.29 is 19.1 Å². The van der Waals surface area contributed by atoms with E-state index in [1.165, 1.54) is 12.7 Å². The third kappa shape index (κ3) is 5.31. The van der Waals surface area contributed by atoms with Gasteiger partial charge in [0.2, 0.25) is 0 Å². The molecule has 160 valence electrons. The Bertz CT molecular complexity index is 703. The summed E-state index contributed by atoms with van der Waals surface area (Å²) in [5.41, 5.74) is 0.766. The van der Waals surface area contributed by atoms with Gasteiger partial charge in [-0.2, -0.15) is 0 Å². The van der Waals surface area contributed by atoms with Gasteiger partial charge in [0.25, 0.3) is 0 Å². The van der Waals surface area contributed by atoms with Gasteiger partial charge >= 0.3 is 12.1 Å². The van der Waals surface area contributed by atoms with Crippen molar-refractivity contribution in [2.75, 3.05) is 7.11 Å². The number of methoxy groups -OCH3 is 1. The number of amides is 1. The van der Waals surface area contributed by atoms with Gasteiger partial charge in [0.05, 0.1) is 13.0 Å². The van der Waals surface area contributed by atoms with Crippen LogP contribution in [0.15, 0.2) is 30.3 Å². The van der Waals surface area contributed by atoms with Crippen LogP contribution in [0.1, 0.15) is 71.3 Å². The summed E-state index contributed by atoms with van der Waals surface area (Å²) in [6.45, 7) is 7.89. The summed E-state index contributed by atoms with van der Waals surface area (Å²) in [6, 6.07) is 10.7. The predicted octanol–water partition coefficient (Wildman–Crippen LogP) is 5.15. The Morgan fingerprint density at radius 3 is 2.24 bits per heavy atom. The molecule has 2 saturated carbocycles. The summed E-state index contributed by atoms with van der Waals surface area (Å²) in [7, 11) is 1.46. The number of carbonyl (C=O) groups is 2. The van der Waals surface area contributed by atoms with Crippen molar-refractivity contribution >= 4 is 12.1 Å². The minimum atomic E-state index is -0.519. The topological polar surface area (TPSA) is 55.8 Å². The summed E-state index contributed by atoms with van der Waals surface area (Å²) < 4.78 is 10.7. The first kappa shape index (κ1) is 21.7. The van der Waals surface area contributed by atoms with Gasteiger partial charge in [-0.05, 0) is 71.3 Å². The zero-order valence-electron chi connectivity index (χ0n) is 18.4. The lowest BCUT2D eigenvalue weighted by molar-refractivity contribution is -0.147. The van der Waals surface area contributed by atoms with E-state index in [1.807, 2.05) is 31.7 Å². The second-order valence-electron chi connectivity index (χ2n) is 9.58. The summed E-state index contributed by atoms with van der Waals surface area (Å²) in [5, 5.41) is 0. The zero-order chi connectivity index (χ0) is 21.2. The maximum absolute atomic E-state index is 13.1. The predicted molar refractivity (Wildman–Crippen MR) is 113 cm³/mol. The molecule has 3 atom stereocenters. The molecule has 1 aromatic carbocycles. The van der Waals surface area contributed by atoms with E-state index in [-0.39, 0.29) is 30.1 Å². The Hall–Kier alpha value is -2.04. The number of esters is 1. The molecule has 29 heavy (non-hydrogen) atoms. The molecule has 0 spiro atoms. The van der Waals surface area contributed by atoms with E-state index in [0.717, 1.165) is 32.1 Å². The summed E-state index contributed by atoms with van der Waals surface area (Å²) in [6.07, 6.45) is 4.29. The molecule has 1 aromatic rings. The van der Waals surface area contributed by atoms with Crippen LogP contribution in [-0.4, -0.2) is 41.8 Å². The molecule has 0 saturated heterocycles. The largest absolute Gasteiger partial charge is 0.469 e. The number of rotatable bonds is 5. The van der Waals surface area contributed by atoms with Gasteiger partial charge < -0.3 is 14.4 Å². The molecule has 2 aliphatic rings. The highest BCUT2D eigenvalue weighted by atomic mass is 16.6. The first-order chi connectivity index (χ1) is 13.7.